The molecule has 4 nitrogen and oxygen atoms in total. The fourth-order valence-corrected chi connectivity index (χ4v) is 3.64. The van der Waals surface area contributed by atoms with Crippen LogP contribution in [0.3, 0.4) is 0 Å². The number of rotatable bonds is 5. The van der Waals surface area contributed by atoms with Gasteiger partial charge < -0.3 is 10.1 Å². The highest BCUT2D eigenvalue weighted by Gasteiger charge is 2.27. The number of hydrogen-bond donors (Lipinski definition) is 1. The van der Waals surface area contributed by atoms with Crippen molar-refractivity contribution in [1.29, 1.82) is 0 Å². The Morgan fingerprint density at radius 3 is 2.75 bits per heavy atom. The molecule has 1 heterocycles. The van der Waals surface area contributed by atoms with Gasteiger partial charge in [-0.2, -0.15) is 5.10 Å². The van der Waals surface area contributed by atoms with Gasteiger partial charge in [0, 0.05) is 24.4 Å². The van der Waals surface area contributed by atoms with Gasteiger partial charge in [-0.3, -0.25) is 4.68 Å². The summed E-state index contributed by atoms with van der Waals surface area (Å²) in [6.07, 6.45) is 6.22. The van der Waals surface area contributed by atoms with Crippen molar-refractivity contribution < 1.29 is 4.74 Å². The lowest BCUT2D eigenvalue weighted by Gasteiger charge is -2.29. The Balaban J connectivity index is 2.27. The molecule has 2 rings (SSSR count). The van der Waals surface area contributed by atoms with E-state index >= 15 is 0 Å². The Hall–Kier alpha value is -0.870. The highest BCUT2D eigenvalue weighted by Crippen LogP contribution is 2.33. The molecule has 0 amide bonds. The van der Waals surface area contributed by atoms with Crippen LogP contribution in [-0.2, 0) is 4.74 Å². The first-order valence-electron chi connectivity index (χ1n) is 7.88. The lowest BCUT2D eigenvalue weighted by Crippen LogP contribution is -2.25. The van der Waals surface area contributed by atoms with Crippen LogP contribution in [-0.4, -0.2) is 30.0 Å². The Kier molecular flexibility index (Phi) is 5.22. The van der Waals surface area contributed by atoms with Crippen LogP contribution >= 0.6 is 0 Å². The van der Waals surface area contributed by atoms with Gasteiger partial charge in [-0.1, -0.05) is 6.92 Å². The molecule has 0 aliphatic heterocycles. The van der Waals surface area contributed by atoms with Crippen LogP contribution in [0.5, 0.6) is 0 Å². The minimum atomic E-state index is 0.396. The Bertz CT molecular complexity index is 437. The minimum Gasteiger partial charge on any atom is -0.381 e. The summed E-state index contributed by atoms with van der Waals surface area (Å²) in [6.45, 7) is 6.57. The number of ether oxygens (including phenoxy) is 1. The van der Waals surface area contributed by atoms with Crippen molar-refractivity contribution in [3.8, 4) is 0 Å². The van der Waals surface area contributed by atoms with Crippen LogP contribution in [0.25, 0.3) is 0 Å². The van der Waals surface area contributed by atoms with Gasteiger partial charge in [0.1, 0.15) is 0 Å². The van der Waals surface area contributed by atoms with E-state index in [0.29, 0.717) is 18.2 Å². The largest absolute Gasteiger partial charge is 0.381 e. The van der Waals surface area contributed by atoms with Gasteiger partial charge in [-0.15, -0.1) is 0 Å². The number of hydrogen-bond acceptors (Lipinski definition) is 3. The number of methoxy groups -OCH3 is 1. The first-order chi connectivity index (χ1) is 9.62. The minimum absolute atomic E-state index is 0.396. The van der Waals surface area contributed by atoms with Crippen molar-refractivity contribution in [2.24, 2.45) is 0 Å². The number of aromatic nitrogens is 2. The molecule has 114 valence electrons. The zero-order chi connectivity index (χ0) is 14.7. The van der Waals surface area contributed by atoms with Crippen molar-refractivity contribution in [2.75, 3.05) is 14.2 Å². The number of aryl methyl sites for hydroxylation is 1. The Morgan fingerprint density at radius 2 is 2.15 bits per heavy atom. The summed E-state index contributed by atoms with van der Waals surface area (Å²) >= 11 is 0. The Labute approximate surface area is 122 Å². The third-order valence-electron chi connectivity index (χ3n) is 4.76. The van der Waals surface area contributed by atoms with Crippen LogP contribution < -0.4 is 5.32 Å². The molecule has 1 aliphatic rings. The zero-order valence-electron chi connectivity index (χ0n) is 13.6. The van der Waals surface area contributed by atoms with Crippen LogP contribution in [0.2, 0.25) is 0 Å². The van der Waals surface area contributed by atoms with E-state index in [0.717, 1.165) is 12.8 Å². The van der Waals surface area contributed by atoms with Crippen LogP contribution in [0.1, 0.15) is 68.1 Å². The molecule has 1 aromatic heterocycles. The predicted molar refractivity (Wildman–Crippen MR) is 82.1 cm³/mol. The zero-order valence-corrected chi connectivity index (χ0v) is 13.6. The van der Waals surface area contributed by atoms with Crippen molar-refractivity contribution >= 4 is 0 Å². The van der Waals surface area contributed by atoms with E-state index in [1.807, 2.05) is 14.2 Å². The SMILES string of the molecule is CCC(NC)c1c(C)nn(C2CCCC(OC)C2)c1C. The van der Waals surface area contributed by atoms with Gasteiger partial charge in [-0.05, 0) is 53.0 Å². The highest BCUT2D eigenvalue weighted by atomic mass is 16.5. The molecule has 1 N–H and O–H groups in total. The second-order valence-corrected chi connectivity index (χ2v) is 5.96. The van der Waals surface area contributed by atoms with Crippen molar-refractivity contribution in [3.05, 3.63) is 17.0 Å². The maximum Gasteiger partial charge on any atom is 0.0644 e. The molecule has 1 aliphatic carbocycles. The van der Waals surface area contributed by atoms with E-state index < -0.39 is 0 Å². The third-order valence-corrected chi connectivity index (χ3v) is 4.76. The molecule has 0 spiro atoms. The Morgan fingerprint density at radius 1 is 1.40 bits per heavy atom. The summed E-state index contributed by atoms with van der Waals surface area (Å²) in [7, 11) is 3.86. The molecule has 3 unspecified atom stereocenters. The first-order valence-corrected chi connectivity index (χ1v) is 7.88. The molecule has 0 radical (unpaired) electrons. The summed E-state index contributed by atoms with van der Waals surface area (Å²) in [5.74, 6) is 0. The molecular formula is C16H29N3O. The summed E-state index contributed by atoms with van der Waals surface area (Å²) in [6, 6.07) is 0.904. The second kappa shape index (κ2) is 6.72. The molecule has 1 saturated carbocycles. The lowest BCUT2D eigenvalue weighted by atomic mass is 9.92. The molecule has 0 aromatic carbocycles. The molecule has 3 atom stereocenters. The molecule has 20 heavy (non-hydrogen) atoms. The number of nitrogens with one attached hydrogen (secondary N) is 1. The normalized spacial score (nSPS) is 24.9. The molecule has 0 bridgehead atoms. The smallest absolute Gasteiger partial charge is 0.0644 e. The maximum atomic E-state index is 5.56. The predicted octanol–water partition coefficient (Wildman–Crippen LogP) is 3.30. The van der Waals surface area contributed by atoms with E-state index in [2.05, 4.69) is 30.8 Å². The fourth-order valence-electron chi connectivity index (χ4n) is 3.64. The average molecular weight is 279 g/mol. The lowest BCUT2D eigenvalue weighted by molar-refractivity contribution is 0.0503. The molecule has 4 heteroatoms. The highest BCUT2D eigenvalue weighted by molar-refractivity contribution is 5.28. The van der Waals surface area contributed by atoms with Crippen molar-refractivity contribution in [2.45, 2.75) is 71.1 Å². The fraction of sp³-hybridized carbons (Fsp3) is 0.812. The quantitative estimate of drug-likeness (QED) is 0.899. The summed E-state index contributed by atoms with van der Waals surface area (Å²) in [5, 5.41) is 8.25. The van der Waals surface area contributed by atoms with Gasteiger partial charge >= 0.3 is 0 Å². The van der Waals surface area contributed by atoms with Gasteiger partial charge in [-0.25, -0.2) is 0 Å². The standard InChI is InChI=1S/C16H29N3O/c1-6-15(17-4)16-11(2)18-19(12(16)3)13-8-7-9-14(10-13)20-5/h13-15,17H,6-10H2,1-5H3. The average Bonchev–Trinajstić information content (AvgIpc) is 2.77. The summed E-state index contributed by atoms with van der Waals surface area (Å²) in [4.78, 5) is 0. The first kappa shape index (κ1) is 15.5. The van der Waals surface area contributed by atoms with Gasteiger partial charge in [0.15, 0.2) is 0 Å². The third kappa shape index (κ3) is 2.91. The van der Waals surface area contributed by atoms with Crippen LogP contribution in [0.15, 0.2) is 0 Å². The molecule has 0 saturated heterocycles. The topological polar surface area (TPSA) is 39.1 Å². The number of nitrogens with zero attached hydrogens (tertiary/aromatic N) is 2. The van der Waals surface area contributed by atoms with E-state index in [4.69, 9.17) is 9.84 Å². The van der Waals surface area contributed by atoms with E-state index in [-0.39, 0.29) is 0 Å². The molecular weight excluding hydrogens is 250 g/mol. The van der Waals surface area contributed by atoms with E-state index in [1.165, 1.54) is 36.2 Å². The van der Waals surface area contributed by atoms with Crippen LogP contribution in [0, 0.1) is 13.8 Å². The van der Waals surface area contributed by atoms with E-state index in [9.17, 15) is 0 Å². The van der Waals surface area contributed by atoms with E-state index in [1.54, 1.807) is 0 Å². The van der Waals surface area contributed by atoms with Gasteiger partial charge in [0.05, 0.1) is 17.8 Å². The van der Waals surface area contributed by atoms with Crippen molar-refractivity contribution in [1.82, 2.24) is 15.1 Å². The van der Waals surface area contributed by atoms with Gasteiger partial charge in [0.2, 0.25) is 0 Å². The summed E-state index contributed by atoms with van der Waals surface area (Å²) in [5.41, 5.74) is 3.88. The molecule has 1 aromatic rings. The monoisotopic (exact) mass is 279 g/mol. The van der Waals surface area contributed by atoms with Gasteiger partial charge in [0.25, 0.3) is 0 Å². The summed E-state index contributed by atoms with van der Waals surface area (Å²) < 4.78 is 7.82. The molecule has 1 fully saturated rings. The maximum absolute atomic E-state index is 5.56. The second-order valence-electron chi connectivity index (χ2n) is 5.96. The van der Waals surface area contributed by atoms with Crippen LogP contribution in [0.4, 0.5) is 0 Å². The van der Waals surface area contributed by atoms with Crippen molar-refractivity contribution in [3.63, 3.8) is 0 Å².